The maximum atomic E-state index is 12.0. The molecule has 0 unspecified atom stereocenters. The Kier molecular flexibility index (Phi) is 3.87. The molecule has 1 aromatic carbocycles. The number of amides is 1. The van der Waals surface area contributed by atoms with Crippen molar-refractivity contribution >= 4 is 11.6 Å². The van der Waals surface area contributed by atoms with E-state index in [9.17, 15) is 4.79 Å². The molecule has 0 aliphatic heterocycles. The van der Waals surface area contributed by atoms with Crippen molar-refractivity contribution in [3.63, 3.8) is 0 Å². The van der Waals surface area contributed by atoms with Crippen LogP contribution in [0.15, 0.2) is 18.2 Å². The number of anilines is 1. The predicted octanol–water partition coefficient (Wildman–Crippen LogP) is 1.87. The lowest BCUT2D eigenvalue weighted by molar-refractivity contribution is -0.00861. The summed E-state index contributed by atoms with van der Waals surface area (Å²) < 4.78 is 5.46. The molecule has 18 heavy (non-hydrogen) atoms. The Morgan fingerprint density at radius 1 is 1.50 bits per heavy atom. The van der Waals surface area contributed by atoms with Crippen LogP contribution in [-0.2, 0) is 4.74 Å². The van der Waals surface area contributed by atoms with E-state index in [1.807, 2.05) is 26.0 Å². The fourth-order valence-electron chi connectivity index (χ4n) is 2.21. The Morgan fingerprint density at radius 2 is 2.22 bits per heavy atom. The van der Waals surface area contributed by atoms with E-state index < -0.39 is 0 Å². The first-order valence-electron chi connectivity index (χ1n) is 6.38. The SMILES string of the molecule is CCOC1CC(NC(=O)c2ccc(C)cc2N)C1. The zero-order valence-electron chi connectivity index (χ0n) is 10.9. The van der Waals surface area contributed by atoms with Gasteiger partial charge in [-0.15, -0.1) is 0 Å². The number of aryl methyl sites for hydroxylation is 1. The van der Waals surface area contributed by atoms with Crippen LogP contribution in [-0.4, -0.2) is 24.7 Å². The van der Waals surface area contributed by atoms with Crippen molar-refractivity contribution in [3.05, 3.63) is 29.3 Å². The minimum absolute atomic E-state index is 0.0903. The molecule has 1 fully saturated rings. The van der Waals surface area contributed by atoms with Crippen LogP contribution < -0.4 is 11.1 Å². The number of rotatable bonds is 4. The van der Waals surface area contributed by atoms with Crippen molar-refractivity contribution in [3.8, 4) is 0 Å². The van der Waals surface area contributed by atoms with Gasteiger partial charge in [0.1, 0.15) is 0 Å². The molecule has 0 aromatic heterocycles. The maximum absolute atomic E-state index is 12.0. The van der Waals surface area contributed by atoms with Gasteiger partial charge in [0, 0.05) is 18.3 Å². The molecule has 1 aromatic rings. The number of carbonyl (C=O) groups excluding carboxylic acids is 1. The highest BCUT2D eigenvalue weighted by Crippen LogP contribution is 2.24. The minimum Gasteiger partial charge on any atom is -0.398 e. The molecule has 1 amide bonds. The largest absolute Gasteiger partial charge is 0.398 e. The second kappa shape index (κ2) is 5.40. The van der Waals surface area contributed by atoms with Gasteiger partial charge in [0.2, 0.25) is 0 Å². The third-order valence-electron chi connectivity index (χ3n) is 3.28. The number of nitrogens with one attached hydrogen (secondary N) is 1. The summed E-state index contributed by atoms with van der Waals surface area (Å²) in [4.78, 5) is 12.0. The van der Waals surface area contributed by atoms with Gasteiger partial charge in [-0.2, -0.15) is 0 Å². The van der Waals surface area contributed by atoms with E-state index in [-0.39, 0.29) is 11.9 Å². The van der Waals surface area contributed by atoms with Crippen LogP contribution in [0.25, 0.3) is 0 Å². The Morgan fingerprint density at radius 3 is 2.83 bits per heavy atom. The molecule has 0 spiro atoms. The van der Waals surface area contributed by atoms with E-state index in [2.05, 4.69) is 5.32 Å². The zero-order valence-corrected chi connectivity index (χ0v) is 10.9. The summed E-state index contributed by atoms with van der Waals surface area (Å²) in [6.07, 6.45) is 2.09. The van der Waals surface area contributed by atoms with Gasteiger partial charge in [0.05, 0.1) is 11.7 Å². The molecule has 0 radical (unpaired) electrons. The molecule has 2 rings (SSSR count). The molecule has 4 nitrogen and oxygen atoms in total. The minimum atomic E-state index is -0.0903. The molecule has 98 valence electrons. The zero-order chi connectivity index (χ0) is 13.1. The summed E-state index contributed by atoms with van der Waals surface area (Å²) in [5, 5.41) is 2.98. The summed E-state index contributed by atoms with van der Waals surface area (Å²) in [5.41, 5.74) is 8.00. The van der Waals surface area contributed by atoms with Gasteiger partial charge in [-0.25, -0.2) is 0 Å². The number of ether oxygens (including phenoxy) is 1. The quantitative estimate of drug-likeness (QED) is 0.800. The van der Waals surface area contributed by atoms with Crippen molar-refractivity contribution in [2.45, 2.75) is 38.8 Å². The highest BCUT2D eigenvalue weighted by molar-refractivity contribution is 5.99. The third-order valence-corrected chi connectivity index (χ3v) is 3.28. The molecule has 0 saturated heterocycles. The second-order valence-corrected chi connectivity index (χ2v) is 4.81. The molecule has 1 saturated carbocycles. The molecule has 1 aliphatic rings. The van der Waals surface area contributed by atoms with E-state index >= 15 is 0 Å². The topological polar surface area (TPSA) is 64.3 Å². The first-order chi connectivity index (χ1) is 8.60. The highest BCUT2D eigenvalue weighted by Gasteiger charge is 2.31. The molecule has 4 heteroatoms. The molecular formula is C14H20N2O2. The van der Waals surface area contributed by atoms with Gasteiger partial charge in [-0.3, -0.25) is 4.79 Å². The average molecular weight is 248 g/mol. The van der Waals surface area contributed by atoms with Crippen LogP contribution in [0.4, 0.5) is 5.69 Å². The summed E-state index contributed by atoms with van der Waals surface area (Å²) in [6.45, 7) is 4.67. The number of nitrogens with two attached hydrogens (primary N) is 1. The predicted molar refractivity (Wildman–Crippen MR) is 71.5 cm³/mol. The Bertz CT molecular complexity index is 439. The normalized spacial score (nSPS) is 22.3. The van der Waals surface area contributed by atoms with Gasteiger partial charge in [0.15, 0.2) is 0 Å². The number of carbonyl (C=O) groups is 1. The number of nitrogen functional groups attached to an aromatic ring is 1. The van der Waals surface area contributed by atoms with Crippen molar-refractivity contribution in [2.24, 2.45) is 0 Å². The number of hydrogen-bond acceptors (Lipinski definition) is 3. The first-order valence-corrected chi connectivity index (χ1v) is 6.38. The van der Waals surface area contributed by atoms with E-state index in [0.717, 1.165) is 25.0 Å². The summed E-state index contributed by atoms with van der Waals surface area (Å²) in [7, 11) is 0. The second-order valence-electron chi connectivity index (χ2n) is 4.81. The van der Waals surface area contributed by atoms with Crippen LogP contribution in [0.2, 0.25) is 0 Å². The maximum Gasteiger partial charge on any atom is 0.253 e. The molecule has 0 bridgehead atoms. The summed E-state index contributed by atoms with van der Waals surface area (Å²) >= 11 is 0. The van der Waals surface area contributed by atoms with Crippen LogP contribution in [0, 0.1) is 6.92 Å². The van der Waals surface area contributed by atoms with Gasteiger partial charge in [-0.05, 0) is 44.4 Å². The van der Waals surface area contributed by atoms with Crippen molar-refractivity contribution < 1.29 is 9.53 Å². The molecular weight excluding hydrogens is 228 g/mol. The van der Waals surface area contributed by atoms with Gasteiger partial charge in [-0.1, -0.05) is 6.07 Å². The molecule has 3 N–H and O–H groups in total. The van der Waals surface area contributed by atoms with Crippen molar-refractivity contribution in [1.82, 2.24) is 5.32 Å². The fraction of sp³-hybridized carbons (Fsp3) is 0.500. The van der Waals surface area contributed by atoms with Crippen LogP contribution >= 0.6 is 0 Å². The number of hydrogen-bond donors (Lipinski definition) is 2. The summed E-state index contributed by atoms with van der Waals surface area (Å²) in [6, 6.07) is 5.71. The molecule has 0 heterocycles. The lowest BCUT2D eigenvalue weighted by atomic mass is 9.89. The van der Waals surface area contributed by atoms with Gasteiger partial charge >= 0.3 is 0 Å². The lowest BCUT2D eigenvalue weighted by Gasteiger charge is -2.35. The van der Waals surface area contributed by atoms with Crippen molar-refractivity contribution in [1.29, 1.82) is 0 Å². The van der Waals surface area contributed by atoms with E-state index in [4.69, 9.17) is 10.5 Å². The van der Waals surface area contributed by atoms with Crippen molar-refractivity contribution in [2.75, 3.05) is 12.3 Å². The highest BCUT2D eigenvalue weighted by atomic mass is 16.5. The van der Waals surface area contributed by atoms with Crippen LogP contribution in [0.1, 0.15) is 35.7 Å². The smallest absolute Gasteiger partial charge is 0.253 e. The molecule has 1 aliphatic carbocycles. The number of benzene rings is 1. The summed E-state index contributed by atoms with van der Waals surface area (Å²) in [5.74, 6) is -0.0903. The monoisotopic (exact) mass is 248 g/mol. The average Bonchev–Trinajstić information content (AvgIpc) is 2.26. The fourth-order valence-corrected chi connectivity index (χ4v) is 2.21. The Hall–Kier alpha value is -1.55. The Balaban J connectivity index is 1.89. The lowest BCUT2D eigenvalue weighted by Crippen LogP contribution is -2.47. The van der Waals surface area contributed by atoms with Gasteiger partial charge < -0.3 is 15.8 Å². The standard InChI is InChI=1S/C14H20N2O2/c1-3-18-11-7-10(8-11)16-14(17)12-5-4-9(2)6-13(12)15/h4-6,10-11H,3,7-8,15H2,1-2H3,(H,16,17). The third kappa shape index (κ3) is 2.82. The van der Waals surface area contributed by atoms with Gasteiger partial charge in [0.25, 0.3) is 5.91 Å². The van der Waals surface area contributed by atoms with E-state index in [0.29, 0.717) is 17.4 Å². The molecule has 0 atom stereocenters. The van der Waals surface area contributed by atoms with E-state index in [1.165, 1.54) is 0 Å². The Labute approximate surface area is 108 Å². The van der Waals surface area contributed by atoms with Crippen LogP contribution in [0.3, 0.4) is 0 Å². The first kappa shape index (κ1) is 12.9. The van der Waals surface area contributed by atoms with Crippen LogP contribution in [0.5, 0.6) is 0 Å². The van der Waals surface area contributed by atoms with E-state index in [1.54, 1.807) is 6.07 Å².